The fourth-order valence-electron chi connectivity index (χ4n) is 4.86. The maximum atomic E-state index is 13.9. The molecule has 0 spiro atoms. The Morgan fingerprint density at radius 1 is 0.944 bits per heavy atom. The molecule has 0 bridgehead atoms. The molecule has 1 saturated carbocycles. The zero-order chi connectivity index (χ0) is 25.3. The van der Waals surface area contributed by atoms with Crippen LogP contribution >= 0.6 is 0 Å². The van der Waals surface area contributed by atoms with Crippen molar-refractivity contribution in [3.63, 3.8) is 0 Å². The number of carbonyl (C=O) groups is 2. The molecule has 36 heavy (non-hydrogen) atoms. The SMILES string of the molecule is CC(C)c1ccc([C@H](C(=O)NC2CCCCC2)N(CCc2ccccc2)C(=O)c2cnccn2)cc1. The van der Waals surface area contributed by atoms with E-state index in [0.29, 0.717) is 18.9 Å². The maximum Gasteiger partial charge on any atom is 0.275 e. The van der Waals surface area contributed by atoms with Gasteiger partial charge in [-0.1, -0.05) is 87.7 Å². The van der Waals surface area contributed by atoms with Gasteiger partial charge in [0, 0.05) is 25.0 Å². The van der Waals surface area contributed by atoms with E-state index in [1.165, 1.54) is 24.4 Å². The van der Waals surface area contributed by atoms with Gasteiger partial charge in [-0.3, -0.25) is 14.6 Å². The molecular weight excluding hydrogens is 448 g/mol. The Labute approximate surface area is 214 Å². The number of aromatic nitrogens is 2. The van der Waals surface area contributed by atoms with E-state index in [1.54, 1.807) is 11.1 Å². The highest BCUT2D eigenvalue weighted by Gasteiger charge is 2.34. The van der Waals surface area contributed by atoms with Crippen molar-refractivity contribution in [3.05, 3.63) is 95.6 Å². The van der Waals surface area contributed by atoms with Gasteiger partial charge in [-0.2, -0.15) is 0 Å². The van der Waals surface area contributed by atoms with Crippen LogP contribution in [0, 0.1) is 0 Å². The van der Waals surface area contributed by atoms with Crippen molar-refractivity contribution in [1.29, 1.82) is 0 Å². The maximum absolute atomic E-state index is 13.9. The zero-order valence-corrected chi connectivity index (χ0v) is 21.3. The highest BCUT2D eigenvalue weighted by atomic mass is 16.2. The van der Waals surface area contributed by atoms with Gasteiger partial charge in [0.15, 0.2) is 0 Å². The van der Waals surface area contributed by atoms with Gasteiger partial charge in [0.25, 0.3) is 5.91 Å². The van der Waals surface area contributed by atoms with E-state index in [-0.39, 0.29) is 23.6 Å². The third-order valence-electron chi connectivity index (χ3n) is 6.96. The molecule has 4 rings (SSSR count). The molecule has 1 N–H and O–H groups in total. The molecule has 2 aromatic carbocycles. The molecule has 0 unspecified atom stereocenters. The van der Waals surface area contributed by atoms with Gasteiger partial charge in [0.1, 0.15) is 11.7 Å². The third kappa shape index (κ3) is 6.56. The second kappa shape index (κ2) is 12.4. The first-order valence-electron chi connectivity index (χ1n) is 13.0. The number of rotatable bonds is 9. The summed E-state index contributed by atoms with van der Waals surface area (Å²) in [5.74, 6) is -0.0516. The van der Waals surface area contributed by atoms with Crippen LogP contribution in [0.3, 0.4) is 0 Å². The summed E-state index contributed by atoms with van der Waals surface area (Å²) in [6.07, 6.45) is 10.6. The standard InChI is InChI=1S/C30H36N4O2/c1-22(2)24-13-15-25(16-14-24)28(29(35)33-26-11-7-4-8-12-26)34(20-17-23-9-5-3-6-10-23)30(36)27-21-31-18-19-32-27/h3,5-6,9-10,13-16,18-19,21-22,26,28H,4,7-8,11-12,17,20H2,1-2H3,(H,33,35)/t28-/m1/s1. The monoisotopic (exact) mass is 484 g/mol. The molecule has 0 radical (unpaired) electrons. The summed E-state index contributed by atoms with van der Waals surface area (Å²) >= 11 is 0. The summed E-state index contributed by atoms with van der Waals surface area (Å²) in [5, 5.41) is 3.27. The van der Waals surface area contributed by atoms with Gasteiger partial charge < -0.3 is 10.2 Å². The lowest BCUT2D eigenvalue weighted by Gasteiger charge is -2.33. The molecule has 1 fully saturated rings. The fraction of sp³-hybridized carbons (Fsp3) is 0.400. The van der Waals surface area contributed by atoms with Gasteiger partial charge >= 0.3 is 0 Å². The first-order valence-corrected chi connectivity index (χ1v) is 13.0. The molecule has 6 heteroatoms. The van der Waals surface area contributed by atoms with Crippen molar-refractivity contribution in [2.24, 2.45) is 0 Å². The Morgan fingerprint density at radius 3 is 2.28 bits per heavy atom. The number of amides is 2. The zero-order valence-electron chi connectivity index (χ0n) is 21.3. The van der Waals surface area contributed by atoms with Crippen LogP contribution in [0.1, 0.15) is 85.1 Å². The Kier molecular flexibility index (Phi) is 8.82. The van der Waals surface area contributed by atoms with Crippen LogP contribution in [-0.4, -0.2) is 39.3 Å². The summed E-state index contributed by atoms with van der Waals surface area (Å²) in [4.78, 5) is 37.7. The van der Waals surface area contributed by atoms with E-state index >= 15 is 0 Å². The van der Waals surface area contributed by atoms with E-state index in [2.05, 4.69) is 41.3 Å². The second-order valence-electron chi connectivity index (χ2n) is 9.89. The number of nitrogens with one attached hydrogen (secondary N) is 1. The minimum atomic E-state index is -0.758. The van der Waals surface area contributed by atoms with Gasteiger partial charge in [-0.15, -0.1) is 0 Å². The lowest BCUT2D eigenvalue weighted by atomic mass is 9.94. The van der Waals surface area contributed by atoms with Crippen LogP contribution in [-0.2, 0) is 11.2 Å². The van der Waals surface area contributed by atoms with Crippen LogP contribution in [0.4, 0.5) is 0 Å². The normalized spacial score (nSPS) is 14.9. The summed E-state index contributed by atoms with van der Waals surface area (Å²) in [6.45, 7) is 4.67. The number of benzene rings is 2. The fourth-order valence-corrected chi connectivity index (χ4v) is 4.86. The molecule has 1 atom stereocenters. The Morgan fingerprint density at radius 2 is 1.64 bits per heavy atom. The van der Waals surface area contributed by atoms with Crippen molar-refractivity contribution >= 4 is 11.8 Å². The Bertz CT molecular complexity index is 1110. The molecule has 6 nitrogen and oxygen atoms in total. The highest BCUT2D eigenvalue weighted by molar-refractivity contribution is 5.96. The predicted molar refractivity (Wildman–Crippen MR) is 142 cm³/mol. The van der Waals surface area contributed by atoms with Crippen molar-refractivity contribution in [3.8, 4) is 0 Å². The molecule has 0 aliphatic heterocycles. The number of carbonyl (C=O) groups excluding carboxylic acids is 2. The summed E-state index contributed by atoms with van der Waals surface area (Å²) in [7, 11) is 0. The third-order valence-corrected chi connectivity index (χ3v) is 6.96. The molecular formula is C30H36N4O2. The lowest BCUT2D eigenvalue weighted by molar-refractivity contribution is -0.126. The summed E-state index contributed by atoms with van der Waals surface area (Å²) in [6, 6.07) is 17.5. The number of hydrogen-bond donors (Lipinski definition) is 1. The minimum absolute atomic E-state index is 0.135. The Balaban J connectivity index is 1.70. The van der Waals surface area contributed by atoms with E-state index in [9.17, 15) is 9.59 Å². The molecule has 1 aliphatic rings. The minimum Gasteiger partial charge on any atom is -0.351 e. The Hall–Kier alpha value is -3.54. The van der Waals surface area contributed by atoms with Gasteiger partial charge in [0.05, 0.1) is 6.20 Å². The van der Waals surface area contributed by atoms with Crippen LogP contribution in [0.5, 0.6) is 0 Å². The molecule has 2 amide bonds. The number of nitrogens with zero attached hydrogens (tertiary/aromatic N) is 3. The van der Waals surface area contributed by atoms with Gasteiger partial charge in [0.2, 0.25) is 5.91 Å². The van der Waals surface area contributed by atoms with E-state index in [1.807, 2.05) is 42.5 Å². The molecule has 3 aromatic rings. The van der Waals surface area contributed by atoms with Crippen molar-refractivity contribution in [2.75, 3.05) is 6.54 Å². The molecule has 1 aromatic heterocycles. The molecule has 0 saturated heterocycles. The van der Waals surface area contributed by atoms with Crippen LogP contribution in [0.15, 0.2) is 73.2 Å². The second-order valence-corrected chi connectivity index (χ2v) is 9.89. The molecule has 1 aliphatic carbocycles. The quantitative estimate of drug-likeness (QED) is 0.437. The van der Waals surface area contributed by atoms with Gasteiger partial charge in [-0.25, -0.2) is 4.98 Å². The van der Waals surface area contributed by atoms with Crippen LogP contribution in [0.25, 0.3) is 0 Å². The van der Waals surface area contributed by atoms with Crippen LogP contribution in [0.2, 0.25) is 0 Å². The van der Waals surface area contributed by atoms with Gasteiger partial charge in [-0.05, 0) is 41.9 Å². The first-order chi connectivity index (χ1) is 17.5. The average Bonchev–Trinajstić information content (AvgIpc) is 2.92. The topological polar surface area (TPSA) is 75.2 Å². The first kappa shape index (κ1) is 25.5. The molecule has 1 heterocycles. The van der Waals surface area contributed by atoms with E-state index in [0.717, 1.165) is 36.8 Å². The predicted octanol–water partition coefficient (Wildman–Crippen LogP) is 5.48. The van der Waals surface area contributed by atoms with Crippen molar-refractivity contribution < 1.29 is 9.59 Å². The smallest absolute Gasteiger partial charge is 0.275 e. The van der Waals surface area contributed by atoms with Crippen molar-refractivity contribution in [2.45, 2.75) is 70.4 Å². The largest absolute Gasteiger partial charge is 0.351 e. The lowest BCUT2D eigenvalue weighted by Crippen LogP contribution is -2.47. The summed E-state index contributed by atoms with van der Waals surface area (Å²) in [5.41, 5.74) is 3.34. The van der Waals surface area contributed by atoms with Crippen LogP contribution < -0.4 is 5.32 Å². The summed E-state index contributed by atoms with van der Waals surface area (Å²) < 4.78 is 0. The van der Waals surface area contributed by atoms with E-state index in [4.69, 9.17) is 0 Å². The number of hydrogen-bond acceptors (Lipinski definition) is 4. The average molecular weight is 485 g/mol. The van der Waals surface area contributed by atoms with E-state index < -0.39 is 6.04 Å². The van der Waals surface area contributed by atoms with Crippen molar-refractivity contribution in [1.82, 2.24) is 20.2 Å². The highest BCUT2D eigenvalue weighted by Crippen LogP contribution is 2.27. The molecule has 188 valence electrons.